The van der Waals surface area contributed by atoms with Crippen molar-refractivity contribution in [3.8, 4) is 5.75 Å². The molecular weight excluding hydrogens is 497 g/mol. The maximum atomic E-state index is 13.0. The molecule has 0 radical (unpaired) electrons. The van der Waals surface area contributed by atoms with Gasteiger partial charge in [0.25, 0.3) is 0 Å². The summed E-state index contributed by atoms with van der Waals surface area (Å²) < 4.78 is 17.8. The van der Waals surface area contributed by atoms with Crippen molar-refractivity contribution in [1.29, 1.82) is 0 Å². The van der Waals surface area contributed by atoms with Crippen LogP contribution >= 0.6 is 0 Å². The molecular formula is C23H32INO5. The van der Waals surface area contributed by atoms with Crippen molar-refractivity contribution in [2.45, 2.75) is 50.7 Å². The Hall–Kier alpha value is -1.35. The van der Waals surface area contributed by atoms with Crippen LogP contribution in [-0.2, 0) is 19.1 Å². The topological polar surface area (TPSA) is 61.8 Å². The number of cyclic esters (lactones) is 1. The second-order valence-electron chi connectivity index (χ2n) is 8.99. The third-order valence-corrected chi connectivity index (χ3v) is 7.21. The van der Waals surface area contributed by atoms with Crippen LogP contribution in [0.2, 0.25) is 0 Å². The molecule has 0 aliphatic carbocycles. The van der Waals surface area contributed by atoms with Gasteiger partial charge in [-0.25, -0.2) is 0 Å². The maximum absolute atomic E-state index is 13.0. The lowest BCUT2D eigenvalue weighted by atomic mass is 9.82. The average Bonchev–Trinajstić information content (AvgIpc) is 3.13. The van der Waals surface area contributed by atoms with E-state index in [1.165, 1.54) is 38.8 Å². The standard InChI is InChI=1S/C23H32NO5.HI/c1-24-12-6-5-10-19(24)16(8-7-13-24)15-28-23(26)18-14-21(25)29-22(18)17-9-3-4-11-20(17)27-2;/h3-4,9,11,16,18-19,22H,5-8,10,12-15H2,1-2H3;1H/q+1;/p-1/t16-,18+,19+,22?,24?;/m0./s1. The largest absolute Gasteiger partial charge is 1.00 e. The molecule has 3 aliphatic heterocycles. The molecule has 0 amide bonds. The molecule has 0 N–H and O–H groups in total. The summed E-state index contributed by atoms with van der Waals surface area (Å²) in [7, 11) is 3.93. The Kier molecular flexibility index (Phi) is 7.66. The number of fused-ring (bicyclic) bond motifs is 1. The molecule has 1 aromatic rings. The Morgan fingerprint density at radius 3 is 2.73 bits per heavy atom. The van der Waals surface area contributed by atoms with Crippen molar-refractivity contribution in [2.75, 3.05) is 33.9 Å². The number of rotatable bonds is 5. The fourth-order valence-electron chi connectivity index (χ4n) is 5.67. The van der Waals surface area contributed by atoms with Crippen molar-refractivity contribution in [3.63, 3.8) is 0 Å². The van der Waals surface area contributed by atoms with Crippen molar-refractivity contribution >= 4 is 11.9 Å². The highest BCUT2D eigenvalue weighted by atomic mass is 127. The molecule has 3 aliphatic rings. The van der Waals surface area contributed by atoms with E-state index in [1.54, 1.807) is 7.11 Å². The Balaban J connectivity index is 0.00000256. The third-order valence-electron chi connectivity index (χ3n) is 7.21. The summed E-state index contributed by atoms with van der Waals surface area (Å²) in [6, 6.07) is 7.95. The van der Waals surface area contributed by atoms with E-state index in [0.717, 1.165) is 16.5 Å². The number of piperidine rings is 2. The average molecular weight is 529 g/mol. The molecule has 0 aromatic heterocycles. The number of ether oxygens (including phenoxy) is 3. The normalized spacial score (nSPS) is 33.1. The number of hydrogen-bond donors (Lipinski definition) is 0. The summed E-state index contributed by atoms with van der Waals surface area (Å²) in [6.07, 6.45) is 5.49. The van der Waals surface area contributed by atoms with Crippen LogP contribution < -0.4 is 28.7 Å². The van der Waals surface area contributed by atoms with Crippen molar-refractivity contribution < 1.29 is 52.3 Å². The molecule has 2 unspecified atom stereocenters. The van der Waals surface area contributed by atoms with Gasteiger partial charge in [-0.3, -0.25) is 9.59 Å². The Morgan fingerprint density at radius 2 is 1.93 bits per heavy atom. The number of carbonyl (C=O) groups is 2. The third kappa shape index (κ3) is 4.61. The molecule has 6 nitrogen and oxygen atoms in total. The Bertz CT molecular complexity index is 768. The van der Waals surface area contributed by atoms with Gasteiger partial charge in [0.2, 0.25) is 0 Å². The summed E-state index contributed by atoms with van der Waals surface area (Å²) >= 11 is 0. The maximum Gasteiger partial charge on any atom is 0.313 e. The van der Waals surface area contributed by atoms with Crippen LogP contribution in [0.3, 0.4) is 0 Å². The number of hydrogen-bond acceptors (Lipinski definition) is 5. The molecule has 166 valence electrons. The molecule has 30 heavy (non-hydrogen) atoms. The first kappa shape index (κ1) is 23.3. The Labute approximate surface area is 195 Å². The van der Waals surface area contributed by atoms with E-state index in [1.807, 2.05) is 24.3 Å². The van der Waals surface area contributed by atoms with Gasteiger partial charge in [0.1, 0.15) is 17.8 Å². The quantitative estimate of drug-likeness (QED) is 0.311. The number of para-hydroxylation sites is 1. The van der Waals surface area contributed by atoms with Gasteiger partial charge in [-0.2, -0.15) is 0 Å². The van der Waals surface area contributed by atoms with Gasteiger partial charge in [-0.1, -0.05) is 18.2 Å². The SMILES string of the molecule is COc1ccccc1C1OC(=O)C[C@H]1C(=O)OC[C@@H]1CCC[N+]2(C)CCCC[C@H]12.[I-]. The van der Waals surface area contributed by atoms with Crippen molar-refractivity contribution in [1.82, 2.24) is 0 Å². The van der Waals surface area contributed by atoms with Gasteiger partial charge in [0.15, 0.2) is 0 Å². The number of methoxy groups -OCH3 is 1. The lowest BCUT2D eigenvalue weighted by Crippen LogP contribution is -3.00. The minimum Gasteiger partial charge on any atom is -1.00 e. The van der Waals surface area contributed by atoms with Crippen LogP contribution in [0.15, 0.2) is 24.3 Å². The molecule has 0 spiro atoms. The summed E-state index contributed by atoms with van der Waals surface area (Å²) in [4.78, 5) is 25.0. The van der Waals surface area contributed by atoms with E-state index in [4.69, 9.17) is 14.2 Å². The second-order valence-corrected chi connectivity index (χ2v) is 8.99. The first-order valence-corrected chi connectivity index (χ1v) is 10.8. The predicted molar refractivity (Wildman–Crippen MR) is 107 cm³/mol. The summed E-state index contributed by atoms with van der Waals surface area (Å²) in [5.74, 6) is -0.290. The molecule has 0 bridgehead atoms. The summed E-state index contributed by atoms with van der Waals surface area (Å²) in [6.45, 7) is 2.91. The number of carbonyl (C=O) groups excluding carboxylic acids is 2. The lowest BCUT2D eigenvalue weighted by molar-refractivity contribution is -0.947. The monoisotopic (exact) mass is 529 g/mol. The smallest absolute Gasteiger partial charge is 0.313 e. The molecule has 7 heteroatoms. The second kappa shape index (κ2) is 9.85. The van der Waals surface area contributed by atoms with Crippen molar-refractivity contribution in [3.05, 3.63) is 29.8 Å². The highest BCUT2D eigenvalue weighted by Crippen LogP contribution is 2.41. The number of nitrogens with zero attached hydrogens (tertiary/aromatic N) is 1. The van der Waals surface area contributed by atoms with Gasteiger partial charge in [-0.05, 0) is 31.7 Å². The van der Waals surface area contributed by atoms with Crippen LogP contribution in [0.1, 0.15) is 50.2 Å². The predicted octanol–water partition coefficient (Wildman–Crippen LogP) is 0.256. The van der Waals surface area contributed by atoms with E-state index in [9.17, 15) is 9.59 Å². The fourth-order valence-corrected chi connectivity index (χ4v) is 5.67. The number of halogens is 1. The van der Waals surface area contributed by atoms with Crippen LogP contribution in [-0.4, -0.2) is 56.3 Å². The minimum atomic E-state index is -0.645. The van der Waals surface area contributed by atoms with E-state index in [-0.39, 0.29) is 42.3 Å². The zero-order chi connectivity index (χ0) is 20.4. The van der Waals surface area contributed by atoms with Crippen LogP contribution in [0.5, 0.6) is 5.75 Å². The summed E-state index contributed by atoms with van der Waals surface area (Å²) in [5.41, 5.74) is 0.719. The number of esters is 2. The molecule has 5 atom stereocenters. The van der Waals surface area contributed by atoms with Crippen molar-refractivity contribution in [2.24, 2.45) is 11.8 Å². The van der Waals surface area contributed by atoms with Gasteiger partial charge in [-0.15, -0.1) is 0 Å². The number of benzene rings is 1. The minimum absolute atomic E-state index is 0. The molecule has 4 rings (SSSR count). The van der Waals surface area contributed by atoms with Crippen LogP contribution in [0, 0.1) is 11.8 Å². The highest BCUT2D eigenvalue weighted by molar-refractivity contribution is 5.84. The van der Waals surface area contributed by atoms with Gasteiger partial charge in [0.05, 0.1) is 46.3 Å². The highest BCUT2D eigenvalue weighted by Gasteiger charge is 2.46. The zero-order valence-electron chi connectivity index (χ0n) is 17.8. The lowest BCUT2D eigenvalue weighted by Gasteiger charge is -2.51. The van der Waals surface area contributed by atoms with Gasteiger partial charge in [0, 0.05) is 17.9 Å². The van der Waals surface area contributed by atoms with E-state index in [2.05, 4.69) is 7.05 Å². The molecule has 3 saturated heterocycles. The van der Waals surface area contributed by atoms with Gasteiger partial charge >= 0.3 is 11.9 Å². The van der Waals surface area contributed by atoms with E-state index >= 15 is 0 Å². The van der Waals surface area contributed by atoms with Crippen LogP contribution in [0.25, 0.3) is 0 Å². The number of quaternary nitrogens is 1. The van der Waals surface area contributed by atoms with E-state index in [0.29, 0.717) is 24.3 Å². The van der Waals surface area contributed by atoms with E-state index < -0.39 is 12.0 Å². The van der Waals surface area contributed by atoms with Gasteiger partial charge < -0.3 is 42.7 Å². The van der Waals surface area contributed by atoms with Crippen LogP contribution in [0.4, 0.5) is 0 Å². The fraction of sp³-hybridized carbons (Fsp3) is 0.652. The zero-order valence-corrected chi connectivity index (χ0v) is 20.0. The Morgan fingerprint density at radius 1 is 1.17 bits per heavy atom. The molecule has 0 saturated carbocycles. The molecule has 3 heterocycles. The molecule has 1 aromatic carbocycles. The molecule has 3 fully saturated rings. The first-order valence-electron chi connectivity index (χ1n) is 10.8. The first-order chi connectivity index (χ1) is 14.0. The summed E-state index contributed by atoms with van der Waals surface area (Å²) in [5, 5.41) is 0.